The van der Waals surface area contributed by atoms with Crippen LogP contribution in [0.25, 0.3) is 16.6 Å². The Morgan fingerprint density at radius 3 is 2.43 bits per heavy atom. The molecule has 0 radical (unpaired) electrons. The Morgan fingerprint density at radius 2 is 1.71 bits per heavy atom. The summed E-state index contributed by atoms with van der Waals surface area (Å²) in [4.78, 5) is 34.0. The van der Waals surface area contributed by atoms with Crippen molar-refractivity contribution >= 4 is 16.8 Å². The van der Waals surface area contributed by atoms with Gasteiger partial charge < -0.3 is 4.90 Å². The van der Waals surface area contributed by atoms with Crippen LogP contribution >= 0.6 is 0 Å². The van der Waals surface area contributed by atoms with Crippen molar-refractivity contribution in [1.29, 1.82) is 0 Å². The van der Waals surface area contributed by atoms with Crippen molar-refractivity contribution in [3.63, 3.8) is 0 Å². The molecule has 0 aliphatic heterocycles. The number of hydrogen-bond donors (Lipinski definition) is 0. The normalized spacial score (nSPS) is 12.2. The molecular weight excluding hydrogens is 441 g/mol. The summed E-state index contributed by atoms with van der Waals surface area (Å²) in [6, 6.07) is 20.0. The molecule has 1 heterocycles. The van der Waals surface area contributed by atoms with Crippen LogP contribution < -0.4 is 5.56 Å². The third-order valence-electron chi connectivity index (χ3n) is 6.28. The van der Waals surface area contributed by atoms with Crippen molar-refractivity contribution in [1.82, 2.24) is 14.5 Å². The summed E-state index contributed by atoms with van der Waals surface area (Å²) < 4.78 is 15.6. The van der Waals surface area contributed by atoms with Crippen LogP contribution in [0.4, 0.5) is 4.39 Å². The Balaban J connectivity index is 1.92. The third-order valence-corrected chi connectivity index (χ3v) is 6.28. The minimum absolute atomic E-state index is 0.186. The largest absolute Gasteiger partial charge is 0.329 e. The van der Waals surface area contributed by atoms with E-state index in [9.17, 15) is 14.0 Å². The number of benzene rings is 3. The predicted molar refractivity (Wildman–Crippen MR) is 137 cm³/mol. The first kappa shape index (κ1) is 24.3. The molecule has 5 nitrogen and oxygen atoms in total. The van der Waals surface area contributed by atoms with Gasteiger partial charge in [-0.05, 0) is 68.1 Å². The number of aryl methyl sites for hydroxylation is 1. The average Bonchev–Trinajstić information content (AvgIpc) is 2.84. The van der Waals surface area contributed by atoms with Crippen molar-refractivity contribution in [3.8, 4) is 5.69 Å². The van der Waals surface area contributed by atoms with Crippen molar-refractivity contribution in [2.24, 2.45) is 5.92 Å². The summed E-state index contributed by atoms with van der Waals surface area (Å²) >= 11 is 0. The Labute approximate surface area is 204 Å². The fraction of sp³-hybridized carbons (Fsp3) is 0.276. The quantitative estimate of drug-likeness (QED) is 0.328. The molecule has 0 bridgehead atoms. The zero-order valence-corrected chi connectivity index (χ0v) is 20.5. The first-order valence-corrected chi connectivity index (χ1v) is 11.9. The van der Waals surface area contributed by atoms with Crippen LogP contribution in [0.3, 0.4) is 0 Å². The maximum absolute atomic E-state index is 14.0. The van der Waals surface area contributed by atoms with E-state index in [1.54, 1.807) is 21.6 Å². The molecule has 1 aromatic heterocycles. The molecule has 0 spiro atoms. The van der Waals surface area contributed by atoms with Gasteiger partial charge in [0.15, 0.2) is 0 Å². The van der Waals surface area contributed by atoms with Gasteiger partial charge in [0, 0.05) is 12.1 Å². The molecule has 3 aromatic carbocycles. The minimum atomic E-state index is -0.540. The van der Waals surface area contributed by atoms with Gasteiger partial charge in [0.25, 0.3) is 11.5 Å². The molecule has 0 aliphatic rings. The van der Waals surface area contributed by atoms with E-state index >= 15 is 0 Å². The summed E-state index contributed by atoms with van der Waals surface area (Å²) in [6.45, 7) is 8.45. The van der Waals surface area contributed by atoms with Crippen LogP contribution in [0.1, 0.15) is 55.0 Å². The van der Waals surface area contributed by atoms with Gasteiger partial charge in [-0.15, -0.1) is 0 Å². The van der Waals surface area contributed by atoms with E-state index < -0.39 is 11.9 Å². The molecule has 0 N–H and O–H groups in total. The van der Waals surface area contributed by atoms with Gasteiger partial charge in [0.1, 0.15) is 11.6 Å². The van der Waals surface area contributed by atoms with E-state index in [-0.39, 0.29) is 17.0 Å². The zero-order chi connectivity index (χ0) is 25.1. The number of halogens is 1. The van der Waals surface area contributed by atoms with Crippen LogP contribution in [0, 0.1) is 18.7 Å². The van der Waals surface area contributed by atoms with Gasteiger partial charge in [-0.2, -0.15) is 0 Å². The maximum atomic E-state index is 14.0. The van der Waals surface area contributed by atoms with Crippen molar-refractivity contribution in [3.05, 3.63) is 106 Å². The van der Waals surface area contributed by atoms with E-state index in [2.05, 4.69) is 13.8 Å². The molecule has 1 atom stereocenters. The topological polar surface area (TPSA) is 55.2 Å². The molecule has 0 aliphatic carbocycles. The molecule has 4 aromatic rings. The minimum Gasteiger partial charge on any atom is -0.329 e. The number of aromatic nitrogens is 2. The standard InChI is InChI=1S/C29H30FN3O2/c1-19(2)16-17-32(28(34)22-11-9-12-23(30)18-22)21(4)27-31-25-14-7-6-13-24(25)29(35)33(27)26-15-8-5-10-20(26)3/h5-15,18-19,21H,16-17H2,1-4H3. The van der Waals surface area contributed by atoms with Gasteiger partial charge in [-0.1, -0.05) is 50.2 Å². The molecule has 35 heavy (non-hydrogen) atoms. The van der Waals surface area contributed by atoms with Crippen LogP contribution in [0.2, 0.25) is 0 Å². The van der Waals surface area contributed by atoms with Crippen LogP contribution in [0.15, 0.2) is 77.6 Å². The summed E-state index contributed by atoms with van der Waals surface area (Å²) in [5.74, 6) is 0.0639. The molecule has 0 fully saturated rings. The van der Waals surface area contributed by atoms with Gasteiger partial charge >= 0.3 is 0 Å². The summed E-state index contributed by atoms with van der Waals surface area (Å²) in [5.41, 5.74) is 2.30. The molecule has 4 rings (SSSR count). The predicted octanol–water partition coefficient (Wildman–Crippen LogP) is 6.08. The Kier molecular flexibility index (Phi) is 7.10. The molecular formula is C29H30FN3O2. The van der Waals surface area contributed by atoms with E-state index in [1.807, 2.05) is 56.3 Å². The summed E-state index contributed by atoms with van der Waals surface area (Å²) in [5, 5.41) is 0.511. The molecule has 0 saturated carbocycles. The third kappa shape index (κ3) is 5.02. The van der Waals surface area contributed by atoms with E-state index in [1.165, 1.54) is 18.2 Å². The highest BCUT2D eigenvalue weighted by molar-refractivity contribution is 5.94. The summed E-state index contributed by atoms with van der Waals surface area (Å²) in [7, 11) is 0. The van der Waals surface area contributed by atoms with Crippen LogP contribution in [0.5, 0.6) is 0 Å². The number of carbonyl (C=O) groups excluding carboxylic acids is 1. The molecule has 1 unspecified atom stereocenters. The number of carbonyl (C=O) groups is 1. The molecule has 6 heteroatoms. The molecule has 180 valence electrons. The Morgan fingerprint density at radius 1 is 1.00 bits per heavy atom. The second kappa shape index (κ2) is 10.2. The van der Waals surface area contributed by atoms with Crippen molar-refractivity contribution < 1.29 is 9.18 Å². The molecule has 1 amide bonds. The number of hydrogen-bond acceptors (Lipinski definition) is 3. The highest BCUT2D eigenvalue weighted by Crippen LogP contribution is 2.26. The number of nitrogens with zero attached hydrogens (tertiary/aromatic N) is 3. The van der Waals surface area contributed by atoms with E-state index in [0.717, 1.165) is 17.7 Å². The monoisotopic (exact) mass is 471 g/mol. The maximum Gasteiger partial charge on any atom is 0.266 e. The Hall–Kier alpha value is -3.80. The number of para-hydroxylation sites is 2. The average molecular weight is 472 g/mol. The highest BCUT2D eigenvalue weighted by Gasteiger charge is 2.28. The van der Waals surface area contributed by atoms with Crippen LogP contribution in [-0.4, -0.2) is 26.9 Å². The summed E-state index contributed by atoms with van der Waals surface area (Å²) in [6.07, 6.45) is 0.758. The first-order chi connectivity index (χ1) is 16.8. The lowest BCUT2D eigenvalue weighted by molar-refractivity contribution is 0.0671. The molecule has 0 saturated heterocycles. The second-order valence-corrected chi connectivity index (χ2v) is 9.28. The lowest BCUT2D eigenvalue weighted by Gasteiger charge is -2.31. The number of fused-ring (bicyclic) bond motifs is 1. The zero-order valence-electron chi connectivity index (χ0n) is 20.5. The van der Waals surface area contributed by atoms with Crippen molar-refractivity contribution in [2.75, 3.05) is 6.54 Å². The van der Waals surface area contributed by atoms with Gasteiger partial charge in [-0.25, -0.2) is 9.37 Å². The van der Waals surface area contributed by atoms with Crippen LogP contribution in [-0.2, 0) is 0 Å². The second-order valence-electron chi connectivity index (χ2n) is 9.28. The lowest BCUT2D eigenvalue weighted by atomic mass is 10.1. The lowest BCUT2D eigenvalue weighted by Crippen LogP contribution is -2.38. The van der Waals surface area contributed by atoms with Gasteiger partial charge in [0.05, 0.1) is 22.6 Å². The van der Waals surface area contributed by atoms with Gasteiger partial charge in [-0.3, -0.25) is 14.2 Å². The van der Waals surface area contributed by atoms with E-state index in [0.29, 0.717) is 29.2 Å². The fourth-order valence-electron chi connectivity index (χ4n) is 4.27. The fourth-order valence-corrected chi connectivity index (χ4v) is 4.27. The Bertz CT molecular complexity index is 1430. The number of rotatable bonds is 7. The number of amides is 1. The smallest absolute Gasteiger partial charge is 0.266 e. The van der Waals surface area contributed by atoms with E-state index in [4.69, 9.17) is 4.98 Å². The van der Waals surface area contributed by atoms with Gasteiger partial charge in [0.2, 0.25) is 0 Å². The highest BCUT2D eigenvalue weighted by atomic mass is 19.1. The van der Waals surface area contributed by atoms with Crippen molar-refractivity contribution in [2.45, 2.75) is 40.2 Å². The first-order valence-electron chi connectivity index (χ1n) is 11.9. The SMILES string of the molecule is Cc1ccccc1-n1c(C(C)N(CCC(C)C)C(=O)c2cccc(F)c2)nc2ccccc2c1=O.